The van der Waals surface area contributed by atoms with E-state index in [1.807, 2.05) is 0 Å². The minimum atomic E-state index is -0.754. The third kappa shape index (κ3) is 5.61. The topological polar surface area (TPSA) is 18.0 Å². The summed E-state index contributed by atoms with van der Waals surface area (Å²) in [6.45, 7) is 0. The van der Waals surface area contributed by atoms with Crippen molar-refractivity contribution in [2.75, 3.05) is 4.90 Å². The fourth-order valence-corrected chi connectivity index (χ4v) is 12.4. The van der Waals surface area contributed by atoms with Crippen LogP contribution in [0.3, 0.4) is 0 Å². The summed E-state index contributed by atoms with van der Waals surface area (Å²) in [5.41, 5.74) is 17.9. The van der Waals surface area contributed by atoms with Crippen molar-refractivity contribution in [3.8, 4) is 17.1 Å². The van der Waals surface area contributed by atoms with Crippen LogP contribution in [0.2, 0.25) is 0 Å². The van der Waals surface area contributed by atoms with Gasteiger partial charge in [0, 0.05) is 55.1 Å². The normalized spacial score (nSPS) is 13.2. The van der Waals surface area contributed by atoms with Gasteiger partial charge in [-0.2, -0.15) is 0 Å². The maximum Gasteiger partial charge on any atom is 0.0743 e. The molecule has 4 nitrogen and oxygen atoms in total. The fourth-order valence-electron chi connectivity index (χ4n) is 12.4. The Morgan fingerprint density at radius 1 is 0.225 bits per heavy atom. The number of anilines is 3. The van der Waals surface area contributed by atoms with E-state index in [0.717, 1.165) is 34.1 Å². The molecule has 0 bridgehead atoms. The second kappa shape index (κ2) is 15.3. The van der Waals surface area contributed by atoms with E-state index in [0.29, 0.717) is 0 Å². The molecular formula is C67H44N4. The highest BCUT2D eigenvalue weighted by molar-refractivity contribution is 6.11. The number of aromatic nitrogens is 3. The molecule has 3 aromatic heterocycles. The molecule has 71 heavy (non-hydrogen) atoms. The molecule has 0 N–H and O–H groups in total. The summed E-state index contributed by atoms with van der Waals surface area (Å²) in [5, 5.41) is 7.46. The zero-order chi connectivity index (χ0) is 46.6. The lowest BCUT2D eigenvalue weighted by Gasteiger charge is -2.47. The smallest absolute Gasteiger partial charge is 0.0743 e. The van der Waals surface area contributed by atoms with Crippen LogP contribution in [0.4, 0.5) is 17.1 Å². The number of fused-ring (bicyclic) bond motifs is 11. The molecule has 14 aromatic rings. The Kier molecular flexibility index (Phi) is 8.54. The molecule has 0 saturated carbocycles. The summed E-state index contributed by atoms with van der Waals surface area (Å²) in [5.74, 6) is 0. The van der Waals surface area contributed by atoms with E-state index in [-0.39, 0.29) is 0 Å². The second-order valence-corrected chi connectivity index (χ2v) is 18.8. The quantitative estimate of drug-likeness (QED) is 0.163. The molecule has 0 spiro atoms. The maximum absolute atomic E-state index is 2.51. The SMILES string of the molecule is c1ccc(C2(c3ccccc3)c3cc(-n4c5ccccc5c5ccccc54)ccc3N(c3ccc(-n4c5ccccc5c5ccccc54)cc3)c3ccc(-n4c5ccccc5c5ccccc54)cc32)cc1. The second-order valence-electron chi connectivity index (χ2n) is 18.8. The third-order valence-corrected chi connectivity index (χ3v) is 15.3. The number of hydrogen-bond donors (Lipinski definition) is 0. The molecule has 4 heterocycles. The molecule has 0 unspecified atom stereocenters. The predicted molar refractivity (Wildman–Crippen MR) is 296 cm³/mol. The van der Waals surface area contributed by atoms with Crippen LogP contribution in [-0.2, 0) is 5.41 Å². The zero-order valence-electron chi connectivity index (χ0n) is 38.7. The highest BCUT2D eigenvalue weighted by Gasteiger charge is 2.47. The molecular weight excluding hydrogens is 861 g/mol. The van der Waals surface area contributed by atoms with Gasteiger partial charge in [-0.3, -0.25) is 0 Å². The van der Waals surface area contributed by atoms with E-state index in [1.165, 1.54) is 87.7 Å². The summed E-state index contributed by atoms with van der Waals surface area (Å²) in [6, 6.07) is 98.8. The molecule has 0 fully saturated rings. The van der Waals surface area contributed by atoms with Crippen molar-refractivity contribution in [2.45, 2.75) is 5.41 Å². The molecule has 15 rings (SSSR count). The van der Waals surface area contributed by atoms with Crippen LogP contribution >= 0.6 is 0 Å². The van der Waals surface area contributed by atoms with Crippen molar-refractivity contribution in [2.24, 2.45) is 0 Å². The molecule has 0 saturated heterocycles. The minimum Gasteiger partial charge on any atom is -0.310 e. The van der Waals surface area contributed by atoms with E-state index in [1.54, 1.807) is 0 Å². The first kappa shape index (κ1) is 39.6. The zero-order valence-corrected chi connectivity index (χ0v) is 38.7. The van der Waals surface area contributed by atoms with Crippen molar-refractivity contribution in [1.82, 2.24) is 13.7 Å². The van der Waals surface area contributed by atoms with Gasteiger partial charge >= 0.3 is 0 Å². The lowest BCUT2D eigenvalue weighted by molar-refractivity contribution is 0.729. The average Bonchev–Trinajstić information content (AvgIpc) is 4.09. The van der Waals surface area contributed by atoms with Crippen molar-refractivity contribution in [3.05, 3.63) is 289 Å². The summed E-state index contributed by atoms with van der Waals surface area (Å²) in [6.07, 6.45) is 0. The Labute approximate surface area is 410 Å². The first-order valence-corrected chi connectivity index (χ1v) is 24.5. The van der Waals surface area contributed by atoms with Gasteiger partial charge in [0.2, 0.25) is 0 Å². The lowest BCUT2D eigenvalue weighted by atomic mass is 9.62. The average molecular weight is 905 g/mol. The van der Waals surface area contributed by atoms with Crippen molar-refractivity contribution >= 4 is 82.5 Å². The van der Waals surface area contributed by atoms with Crippen LogP contribution in [0, 0.1) is 0 Å². The first-order chi connectivity index (χ1) is 35.3. The maximum atomic E-state index is 2.51. The summed E-state index contributed by atoms with van der Waals surface area (Å²) in [4.78, 5) is 2.51. The monoisotopic (exact) mass is 904 g/mol. The molecule has 0 amide bonds. The van der Waals surface area contributed by atoms with Crippen molar-refractivity contribution in [1.29, 1.82) is 0 Å². The lowest BCUT2D eigenvalue weighted by Crippen LogP contribution is -2.38. The minimum absolute atomic E-state index is 0.754. The van der Waals surface area contributed by atoms with Crippen molar-refractivity contribution in [3.63, 3.8) is 0 Å². The van der Waals surface area contributed by atoms with E-state index in [2.05, 4.69) is 286 Å². The van der Waals surface area contributed by atoms with E-state index in [4.69, 9.17) is 0 Å². The summed E-state index contributed by atoms with van der Waals surface area (Å²) < 4.78 is 7.32. The van der Waals surface area contributed by atoms with Gasteiger partial charge in [0.25, 0.3) is 0 Å². The first-order valence-electron chi connectivity index (χ1n) is 24.5. The van der Waals surface area contributed by atoms with E-state index >= 15 is 0 Å². The highest BCUT2D eigenvalue weighted by atomic mass is 15.2. The highest BCUT2D eigenvalue weighted by Crippen LogP contribution is 2.59. The largest absolute Gasteiger partial charge is 0.310 e. The van der Waals surface area contributed by atoms with Gasteiger partial charge in [-0.1, -0.05) is 170 Å². The number of rotatable bonds is 6. The Bertz CT molecular complexity index is 4040. The van der Waals surface area contributed by atoms with Gasteiger partial charge in [-0.05, 0) is 119 Å². The predicted octanol–water partition coefficient (Wildman–Crippen LogP) is 17.1. The third-order valence-electron chi connectivity index (χ3n) is 15.3. The molecule has 332 valence electrons. The van der Waals surface area contributed by atoms with Gasteiger partial charge in [0.15, 0.2) is 0 Å². The Balaban J connectivity index is 1.05. The van der Waals surface area contributed by atoms with Crippen LogP contribution in [0.5, 0.6) is 0 Å². The van der Waals surface area contributed by atoms with Gasteiger partial charge in [0.1, 0.15) is 0 Å². The van der Waals surface area contributed by atoms with E-state index < -0.39 is 5.41 Å². The summed E-state index contributed by atoms with van der Waals surface area (Å²) >= 11 is 0. The molecule has 1 aliphatic heterocycles. The summed E-state index contributed by atoms with van der Waals surface area (Å²) in [7, 11) is 0. The number of para-hydroxylation sites is 6. The van der Waals surface area contributed by atoms with Gasteiger partial charge < -0.3 is 18.6 Å². The molecule has 0 atom stereocenters. The Morgan fingerprint density at radius 3 is 0.831 bits per heavy atom. The van der Waals surface area contributed by atoms with Crippen LogP contribution in [-0.4, -0.2) is 13.7 Å². The number of hydrogen-bond acceptors (Lipinski definition) is 1. The molecule has 4 heteroatoms. The van der Waals surface area contributed by atoms with Crippen molar-refractivity contribution < 1.29 is 0 Å². The molecule has 0 aliphatic carbocycles. The molecule has 1 aliphatic rings. The Morgan fingerprint density at radius 2 is 0.493 bits per heavy atom. The standard InChI is InChI=1S/C67H44N4/c1-3-19-45(20-4-1)67(46-21-5-2-6-22-46)57-43-49(70-61-31-15-9-25-53(61)54-26-10-16-32-62(54)70)39-41-65(57)69(48-37-35-47(36-38-48)68-59-29-13-7-23-51(59)52-24-8-14-30-60(52)68)66-42-40-50(44-58(66)67)71-63-33-17-11-27-55(63)56-28-12-18-34-64(56)71/h1-44H. The van der Waals surface area contributed by atoms with Crippen LogP contribution in [0.15, 0.2) is 267 Å². The van der Waals surface area contributed by atoms with Gasteiger partial charge in [-0.25, -0.2) is 0 Å². The van der Waals surface area contributed by atoms with Gasteiger partial charge in [-0.15, -0.1) is 0 Å². The Hall–Kier alpha value is -9.38. The fraction of sp³-hybridized carbons (Fsp3) is 0.0149. The van der Waals surface area contributed by atoms with Crippen LogP contribution in [0.1, 0.15) is 22.3 Å². The van der Waals surface area contributed by atoms with Crippen LogP contribution < -0.4 is 4.90 Å². The van der Waals surface area contributed by atoms with E-state index in [9.17, 15) is 0 Å². The number of nitrogens with zero attached hydrogens (tertiary/aromatic N) is 4. The molecule has 11 aromatic carbocycles. The molecule has 0 radical (unpaired) electrons. The number of benzene rings is 11. The van der Waals surface area contributed by atoms with Gasteiger partial charge in [0.05, 0.1) is 49.9 Å². The van der Waals surface area contributed by atoms with Crippen LogP contribution in [0.25, 0.3) is 82.5 Å².